The van der Waals surface area contributed by atoms with Crippen molar-refractivity contribution in [1.82, 2.24) is 0 Å². The summed E-state index contributed by atoms with van der Waals surface area (Å²) in [6.45, 7) is 0. The lowest BCUT2D eigenvalue weighted by Crippen LogP contribution is -2.19. The SMILES string of the molecule is O=C(O)c1ccc(S(=O)(=O)c2ccccc2)c(C(=O)O)c1C(=O)O. The Morgan fingerprint density at radius 2 is 1.25 bits per heavy atom. The van der Waals surface area contributed by atoms with E-state index in [9.17, 15) is 33.0 Å². The lowest BCUT2D eigenvalue weighted by Gasteiger charge is -2.12. The van der Waals surface area contributed by atoms with Crippen LogP contribution in [0.3, 0.4) is 0 Å². The minimum Gasteiger partial charge on any atom is -0.478 e. The van der Waals surface area contributed by atoms with Gasteiger partial charge in [0.25, 0.3) is 0 Å². The molecule has 0 aliphatic rings. The van der Waals surface area contributed by atoms with Crippen LogP contribution in [-0.4, -0.2) is 41.6 Å². The molecule has 0 bridgehead atoms. The Morgan fingerprint density at radius 1 is 0.708 bits per heavy atom. The summed E-state index contributed by atoms with van der Waals surface area (Å²) in [6.07, 6.45) is 0. The summed E-state index contributed by atoms with van der Waals surface area (Å²) >= 11 is 0. The largest absolute Gasteiger partial charge is 0.478 e. The third-order valence-corrected chi connectivity index (χ3v) is 4.98. The molecule has 0 aromatic heterocycles. The zero-order chi connectivity index (χ0) is 18.1. The van der Waals surface area contributed by atoms with Crippen molar-refractivity contribution in [3.8, 4) is 0 Å². The van der Waals surface area contributed by atoms with E-state index in [1.807, 2.05) is 0 Å². The van der Waals surface area contributed by atoms with Gasteiger partial charge in [0.2, 0.25) is 9.84 Å². The lowest BCUT2D eigenvalue weighted by atomic mass is 10.0. The monoisotopic (exact) mass is 350 g/mol. The quantitative estimate of drug-likeness (QED) is 0.737. The predicted molar refractivity (Wildman–Crippen MR) is 79.2 cm³/mol. The van der Waals surface area contributed by atoms with Gasteiger partial charge in [-0.25, -0.2) is 22.8 Å². The number of hydrogen-bond donors (Lipinski definition) is 3. The summed E-state index contributed by atoms with van der Waals surface area (Å²) in [5.74, 6) is -5.39. The van der Waals surface area contributed by atoms with Crippen LogP contribution < -0.4 is 0 Å². The standard InChI is InChI=1S/C15H10O8S/c16-13(17)9-6-7-10(12(15(20)21)11(9)14(18)19)24(22,23)8-4-2-1-3-5-8/h1-7H,(H,16,17)(H,18,19)(H,20,21). The van der Waals surface area contributed by atoms with Gasteiger partial charge in [-0.15, -0.1) is 0 Å². The molecule has 0 atom stereocenters. The molecule has 2 aromatic carbocycles. The fourth-order valence-electron chi connectivity index (χ4n) is 2.15. The second-order valence-electron chi connectivity index (χ2n) is 4.59. The highest BCUT2D eigenvalue weighted by Crippen LogP contribution is 2.28. The van der Waals surface area contributed by atoms with Gasteiger partial charge in [0, 0.05) is 0 Å². The van der Waals surface area contributed by atoms with E-state index >= 15 is 0 Å². The van der Waals surface area contributed by atoms with E-state index in [0.29, 0.717) is 0 Å². The van der Waals surface area contributed by atoms with Gasteiger partial charge < -0.3 is 15.3 Å². The molecule has 0 aliphatic heterocycles. The first-order valence-corrected chi connectivity index (χ1v) is 7.83. The summed E-state index contributed by atoms with van der Waals surface area (Å²) in [7, 11) is -4.35. The molecule has 0 fully saturated rings. The van der Waals surface area contributed by atoms with Crippen molar-refractivity contribution in [3.63, 3.8) is 0 Å². The van der Waals surface area contributed by atoms with Crippen LogP contribution in [0.25, 0.3) is 0 Å². The number of carbonyl (C=O) groups is 3. The Morgan fingerprint density at radius 3 is 1.71 bits per heavy atom. The van der Waals surface area contributed by atoms with Crippen LogP contribution in [0, 0.1) is 0 Å². The van der Waals surface area contributed by atoms with E-state index in [1.54, 1.807) is 6.07 Å². The van der Waals surface area contributed by atoms with Crippen LogP contribution in [0.4, 0.5) is 0 Å². The molecule has 0 radical (unpaired) electrons. The molecule has 3 N–H and O–H groups in total. The maximum atomic E-state index is 12.6. The molecule has 0 saturated carbocycles. The van der Waals surface area contributed by atoms with Crippen molar-refractivity contribution >= 4 is 27.7 Å². The summed E-state index contributed by atoms with van der Waals surface area (Å²) < 4.78 is 25.2. The van der Waals surface area contributed by atoms with Crippen molar-refractivity contribution in [2.75, 3.05) is 0 Å². The van der Waals surface area contributed by atoms with E-state index in [0.717, 1.165) is 12.1 Å². The van der Waals surface area contributed by atoms with Gasteiger partial charge in [0.05, 0.1) is 26.5 Å². The van der Waals surface area contributed by atoms with Crippen molar-refractivity contribution in [3.05, 3.63) is 59.2 Å². The van der Waals surface area contributed by atoms with Crippen molar-refractivity contribution in [2.24, 2.45) is 0 Å². The molecule has 124 valence electrons. The fourth-order valence-corrected chi connectivity index (χ4v) is 3.62. The average Bonchev–Trinajstić information content (AvgIpc) is 2.53. The van der Waals surface area contributed by atoms with Crippen LogP contribution in [0.5, 0.6) is 0 Å². The molecule has 24 heavy (non-hydrogen) atoms. The van der Waals surface area contributed by atoms with Crippen LogP contribution in [0.15, 0.2) is 52.3 Å². The molecule has 2 aromatic rings. The first-order chi connectivity index (χ1) is 11.2. The third kappa shape index (κ3) is 2.84. The molecule has 0 saturated heterocycles. The van der Waals surface area contributed by atoms with Gasteiger partial charge in [-0.1, -0.05) is 18.2 Å². The Hall–Kier alpha value is -3.20. The Kier molecular flexibility index (Phi) is 4.38. The number of hydrogen-bond acceptors (Lipinski definition) is 5. The number of aromatic carboxylic acids is 3. The van der Waals surface area contributed by atoms with E-state index < -0.39 is 49.3 Å². The Balaban J connectivity index is 2.91. The van der Waals surface area contributed by atoms with Gasteiger partial charge in [-0.2, -0.15) is 0 Å². The minimum absolute atomic E-state index is 0.244. The van der Waals surface area contributed by atoms with Gasteiger partial charge >= 0.3 is 17.9 Å². The van der Waals surface area contributed by atoms with E-state index in [4.69, 9.17) is 5.11 Å². The number of sulfone groups is 1. The highest BCUT2D eigenvalue weighted by atomic mass is 32.2. The molecular formula is C15H10O8S. The second-order valence-corrected chi connectivity index (χ2v) is 6.51. The Bertz CT molecular complexity index is 945. The maximum Gasteiger partial charge on any atom is 0.337 e. The highest BCUT2D eigenvalue weighted by molar-refractivity contribution is 7.91. The van der Waals surface area contributed by atoms with Crippen LogP contribution in [0.2, 0.25) is 0 Å². The van der Waals surface area contributed by atoms with Gasteiger partial charge in [0.15, 0.2) is 0 Å². The zero-order valence-corrected chi connectivity index (χ0v) is 12.6. The highest BCUT2D eigenvalue weighted by Gasteiger charge is 2.32. The molecule has 0 unspecified atom stereocenters. The van der Waals surface area contributed by atoms with Crippen molar-refractivity contribution < 1.29 is 38.1 Å². The van der Waals surface area contributed by atoms with E-state index in [-0.39, 0.29) is 4.90 Å². The summed E-state index contributed by atoms with van der Waals surface area (Å²) in [4.78, 5) is 32.9. The van der Waals surface area contributed by atoms with Crippen molar-refractivity contribution in [1.29, 1.82) is 0 Å². The molecule has 0 aliphatic carbocycles. The van der Waals surface area contributed by atoms with Crippen LogP contribution >= 0.6 is 0 Å². The smallest absolute Gasteiger partial charge is 0.337 e. The van der Waals surface area contributed by atoms with Crippen molar-refractivity contribution in [2.45, 2.75) is 9.79 Å². The molecule has 0 spiro atoms. The maximum absolute atomic E-state index is 12.6. The summed E-state index contributed by atoms with van der Waals surface area (Å²) in [6, 6.07) is 8.34. The number of carboxylic acid groups (broad SMARTS) is 3. The molecule has 8 nitrogen and oxygen atoms in total. The second kappa shape index (κ2) is 6.13. The molecule has 0 heterocycles. The average molecular weight is 350 g/mol. The predicted octanol–water partition coefficient (Wildman–Crippen LogP) is 1.61. The van der Waals surface area contributed by atoms with E-state index in [2.05, 4.69) is 0 Å². The third-order valence-electron chi connectivity index (χ3n) is 3.17. The van der Waals surface area contributed by atoms with Gasteiger partial charge in [-0.05, 0) is 24.3 Å². The summed E-state index contributed by atoms with van der Waals surface area (Å²) in [5, 5.41) is 27.5. The Labute approximate surface area is 135 Å². The first kappa shape index (κ1) is 17.2. The molecule has 2 rings (SSSR count). The summed E-state index contributed by atoms with van der Waals surface area (Å²) in [5.41, 5.74) is -3.00. The number of rotatable bonds is 5. The normalized spacial score (nSPS) is 11.0. The molecular weight excluding hydrogens is 340 g/mol. The minimum atomic E-state index is -4.35. The first-order valence-electron chi connectivity index (χ1n) is 6.35. The molecule has 9 heteroatoms. The van der Waals surface area contributed by atoms with Gasteiger partial charge in [0.1, 0.15) is 0 Å². The van der Waals surface area contributed by atoms with Crippen LogP contribution in [-0.2, 0) is 9.84 Å². The number of benzene rings is 2. The molecule has 0 amide bonds. The van der Waals surface area contributed by atoms with Crippen LogP contribution in [0.1, 0.15) is 31.1 Å². The van der Waals surface area contributed by atoms with E-state index in [1.165, 1.54) is 24.3 Å². The number of carboxylic acids is 3. The fraction of sp³-hybridized carbons (Fsp3) is 0. The van der Waals surface area contributed by atoms with Gasteiger partial charge in [-0.3, -0.25) is 0 Å². The topological polar surface area (TPSA) is 146 Å². The lowest BCUT2D eigenvalue weighted by molar-refractivity contribution is 0.0630. The zero-order valence-electron chi connectivity index (χ0n) is 11.8.